The Morgan fingerprint density at radius 1 is 0.929 bits per heavy atom. The second-order valence-electron chi connectivity index (χ2n) is 3.10. The van der Waals surface area contributed by atoms with Crippen LogP contribution < -0.4 is 5.73 Å². The molecule has 0 fully saturated rings. The zero-order valence-electron chi connectivity index (χ0n) is 7.57. The third-order valence-electron chi connectivity index (χ3n) is 2.10. The number of benzene rings is 2. The molecule has 2 rings (SSSR count). The van der Waals surface area contributed by atoms with E-state index in [-0.39, 0.29) is 0 Å². The van der Waals surface area contributed by atoms with E-state index >= 15 is 0 Å². The Hall–Kier alpha value is -1.47. The number of rotatable bonds is 1. The maximum Gasteiger partial charge on any atom is 0.0426 e. The monoisotopic (exact) mass is 203 g/mol. The molecule has 70 valence electrons. The molecule has 1 nitrogen and oxygen atoms in total. The summed E-state index contributed by atoms with van der Waals surface area (Å²) in [6.45, 7) is 0. The van der Waals surface area contributed by atoms with E-state index in [4.69, 9.17) is 17.3 Å². The molecule has 0 unspecified atom stereocenters. The van der Waals surface area contributed by atoms with E-state index in [0.29, 0.717) is 10.7 Å². The van der Waals surface area contributed by atoms with Gasteiger partial charge >= 0.3 is 0 Å². The topological polar surface area (TPSA) is 26.0 Å². The Labute approximate surface area is 88.1 Å². The van der Waals surface area contributed by atoms with Crippen molar-refractivity contribution >= 4 is 17.3 Å². The zero-order valence-corrected chi connectivity index (χ0v) is 8.33. The molecule has 0 atom stereocenters. The summed E-state index contributed by atoms with van der Waals surface area (Å²) in [7, 11) is 0. The number of nitrogen functional groups attached to an aromatic ring is 1. The summed E-state index contributed by atoms with van der Waals surface area (Å²) in [5.41, 5.74) is 8.72. The second-order valence-corrected chi connectivity index (χ2v) is 3.53. The van der Waals surface area contributed by atoms with Crippen LogP contribution in [0.2, 0.25) is 5.02 Å². The van der Waals surface area contributed by atoms with Gasteiger partial charge < -0.3 is 5.73 Å². The highest BCUT2D eigenvalue weighted by Gasteiger charge is 2.01. The fourth-order valence-electron chi connectivity index (χ4n) is 1.41. The van der Waals surface area contributed by atoms with Gasteiger partial charge in [0.15, 0.2) is 0 Å². The van der Waals surface area contributed by atoms with E-state index in [1.807, 2.05) is 42.5 Å². The lowest BCUT2D eigenvalue weighted by Gasteiger charge is -2.05. The van der Waals surface area contributed by atoms with Crippen LogP contribution in [0.25, 0.3) is 11.1 Å². The SMILES string of the molecule is Nc1cc(Cl)ccc1-c1ccccc1. The van der Waals surface area contributed by atoms with Crippen molar-refractivity contribution in [2.24, 2.45) is 0 Å². The Balaban J connectivity index is 2.53. The third-order valence-corrected chi connectivity index (χ3v) is 2.33. The van der Waals surface area contributed by atoms with Crippen LogP contribution in [0.1, 0.15) is 0 Å². The Bertz CT molecular complexity index is 437. The van der Waals surface area contributed by atoms with Crippen LogP contribution in [-0.2, 0) is 0 Å². The summed E-state index contributed by atoms with van der Waals surface area (Å²) in [5.74, 6) is 0. The highest BCUT2D eigenvalue weighted by atomic mass is 35.5. The molecule has 0 aliphatic rings. The fourth-order valence-corrected chi connectivity index (χ4v) is 1.59. The van der Waals surface area contributed by atoms with Crippen LogP contribution in [0.3, 0.4) is 0 Å². The van der Waals surface area contributed by atoms with Gasteiger partial charge in [0, 0.05) is 16.3 Å². The molecule has 0 heterocycles. The molecule has 0 saturated carbocycles. The van der Waals surface area contributed by atoms with Gasteiger partial charge in [0.25, 0.3) is 0 Å². The van der Waals surface area contributed by atoms with Crippen molar-refractivity contribution in [2.45, 2.75) is 0 Å². The smallest absolute Gasteiger partial charge is 0.0426 e. The van der Waals surface area contributed by atoms with E-state index in [9.17, 15) is 0 Å². The van der Waals surface area contributed by atoms with Gasteiger partial charge in [-0.3, -0.25) is 0 Å². The third kappa shape index (κ3) is 1.73. The van der Waals surface area contributed by atoms with Gasteiger partial charge in [-0.05, 0) is 17.7 Å². The van der Waals surface area contributed by atoms with Gasteiger partial charge in [-0.1, -0.05) is 48.0 Å². The van der Waals surface area contributed by atoms with Crippen LogP contribution in [-0.4, -0.2) is 0 Å². The molecule has 0 amide bonds. The molecule has 14 heavy (non-hydrogen) atoms. The predicted molar refractivity (Wildman–Crippen MR) is 61.3 cm³/mol. The molecule has 0 aromatic heterocycles. The van der Waals surface area contributed by atoms with Crippen molar-refractivity contribution in [3.05, 3.63) is 53.6 Å². The molecule has 0 spiro atoms. The molecule has 0 saturated heterocycles. The van der Waals surface area contributed by atoms with E-state index in [1.165, 1.54) is 0 Å². The normalized spacial score (nSPS) is 10.1. The maximum absolute atomic E-state index is 5.87. The first kappa shape index (κ1) is 9.10. The van der Waals surface area contributed by atoms with Crippen LogP contribution in [0.4, 0.5) is 5.69 Å². The molecule has 2 aromatic carbocycles. The molecule has 0 aliphatic heterocycles. The minimum absolute atomic E-state index is 0.669. The average Bonchev–Trinajstić information content (AvgIpc) is 2.19. The van der Waals surface area contributed by atoms with Crippen molar-refractivity contribution in [3.63, 3.8) is 0 Å². The van der Waals surface area contributed by atoms with Crippen LogP contribution >= 0.6 is 11.6 Å². The molecule has 2 heteroatoms. The molecule has 0 aliphatic carbocycles. The van der Waals surface area contributed by atoms with Gasteiger partial charge in [-0.25, -0.2) is 0 Å². The van der Waals surface area contributed by atoms with Gasteiger partial charge in [-0.15, -0.1) is 0 Å². The maximum atomic E-state index is 5.87. The summed E-state index contributed by atoms with van der Waals surface area (Å²) in [4.78, 5) is 0. The molecule has 2 aromatic rings. The molecular weight excluding hydrogens is 194 g/mol. The molecular formula is C12H10ClN. The lowest BCUT2D eigenvalue weighted by molar-refractivity contribution is 1.61. The summed E-state index contributed by atoms with van der Waals surface area (Å²) < 4.78 is 0. The first-order valence-electron chi connectivity index (χ1n) is 4.38. The number of hydrogen-bond acceptors (Lipinski definition) is 1. The van der Waals surface area contributed by atoms with Crippen LogP contribution in [0.5, 0.6) is 0 Å². The second kappa shape index (κ2) is 3.72. The van der Waals surface area contributed by atoms with Crippen LogP contribution in [0, 0.1) is 0 Å². The number of halogens is 1. The van der Waals surface area contributed by atoms with Crippen molar-refractivity contribution in [3.8, 4) is 11.1 Å². The first-order valence-corrected chi connectivity index (χ1v) is 4.75. The minimum Gasteiger partial charge on any atom is -0.398 e. The predicted octanol–water partition coefficient (Wildman–Crippen LogP) is 3.59. The van der Waals surface area contributed by atoms with Gasteiger partial charge in [0.2, 0.25) is 0 Å². The summed E-state index contributed by atoms with van der Waals surface area (Å²) in [6, 6.07) is 15.6. The minimum atomic E-state index is 0.669. The average molecular weight is 204 g/mol. The summed E-state index contributed by atoms with van der Waals surface area (Å²) in [5, 5.41) is 0.669. The summed E-state index contributed by atoms with van der Waals surface area (Å²) >= 11 is 5.82. The summed E-state index contributed by atoms with van der Waals surface area (Å²) in [6.07, 6.45) is 0. The lowest BCUT2D eigenvalue weighted by atomic mass is 10.0. The standard InChI is InChI=1S/C12H10ClN/c13-10-6-7-11(12(14)8-10)9-4-2-1-3-5-9/h1-8H,14H2. The van der Waals surface area contributed by atoms with Gasteiger partial charge in [0.05, 0.1) is 0 Å². The lowest BCUT2D eigenvalue weighted by Crippen LogP contribution is -1.89. The highest BCUT2D eigenvalue weighted by Crippen LogP contribution is 2.27. The van der Waals surface area contributed by atoms with Crippen LogP contribution in [0.15, 0.2) is 48.5 Å². The van der Waals surface area contributed by atoms with Gasteiger partial charge in [-0.2, -0.15) is 0 Å². The Morgan fingerprint density at radius 3 is 2.29 bits per heavy atom. The van der Waals surface area contributed by atoms with Crippen molar-refractivity contribution in [1.29, 1.82) is 0 Å². The Morgan fingerprint density at radius 2 is 1.64 bits per heavy atom. The van der Waals surface area contributed by atoms with Gasteiger partial charge in [0.1, 0.15) is 0 Å². The van der Waals surface area contributed by atoms with E-state index < -0.39 is 0 Å². The fraction of sp³-hybridized carbons (Fsp3) is 0. The molecule has 2 N–H and O–H groups in total. The van der Waals surface area contributed by atoms with Crippen molar-refractivity contribution in [1.82, 2.24) is 0 Å². The Kier molecular flexibility index (Phi) is 2.42. The van der Waals surface area contributed by atoms with E-state index in [1.54, 1.807) is 6.07 Å². The number of anilines is 1. The molecule has 0 bridgehead atoms. The first-order chi connectivity index (χ1) is 6.77. The zero-order chi connectivity index (χ0) is 9.97. The number of hydrogen-bond donors (Lipinski definition) is 1. The molecule has 0 radical (unpaired) electrons. The quantitative estimate of drug-likeness (QED) is 0.705. The van der Waals surface area contributed by atoms with Crippen molar-refractivity contribution in [2.75, 3.05) is 5.73 Å². The van der Waals surface area contributed by atoms with Crippen molar-refractivity contribution < 1.29 is 0 Å². The highest BCUT2D eigenvalue weighted by molar-refractivity contribution is 6.31. The van der Waals surface area contributed by atoms with E-state index in [2.05, 4.69) is 0 Å². The largest absolute Gasteiger partial charge is 0.398 e. The van der Waals surface area contributed by atoms with E-state index in [0.717, 1.165) is 11.1 Å². The number of nitrogens with two attached hydrogens (primary N) is 1.